The van der Waals surface area contributed by atoms with Crippen LogP contribution in [-0.2, 0) is 6.42 Å². The molecule has 2 amide bonds. The maximum atomic E-state index is 13.5. The summed E-state index contributed by atoms with van der Waals surface area (Å²) in [7, 11) is 1.83. The van der Waals surface area contributed by atoms with E-state index in [0.717, 1.165) is 21.4 Å². The molecule has 5 aromatic rings. The molecule has 2 aromatic carbocycles. The van der Waals surface area contributed by atoms with E-state index in [1.54, 1.807) is 11.1 Å². The van der Waals surface area contributed by atoms with Crippen molar-refractivity contribution in [2.24, 2.45) is 0 Å². The van der Waals surface area contributed by atoms with Crippen LogP contribution in [0.15, 0.2) is 78.4 Å². The fourth-order valence-electron chi connectivity index (χ4n) is 4.50. The zero-order valence-electron chi connectivity index (χ0n) is 20.2. The largest absolute Gasteiger partial charge is 0.351 e. The van der Waals surface area contributed by atoms with E-state index in [4.69, 9.17) is 0 Å². The summed E-state index contributed by atoms with van der Waals surface area (Å²) in [6.07, 6.45) is 4.91. The molecule has 1 unspecified atom stereocenters. The molecule has 182 valence electrons. The molecule has 0 saturated heterocycles. The Labute approximate surface area is 213 Å². The molecule has 0 fully saturated rings. The van der Waals surface area contributed by atoms with Gasteiger partial charge < -0.3 is 10.2 Å². The molecule has 1 N–H and O–H groups in total. The monoisotopic (exact) mass is 497 g/mol. The number of aromatic nitrogens is 3. The van der Waals surface area contributed by atoms with Gasteiger partial charge in [0.2, 0.25) is 0 Å². The number of likely N-dealkylation sites (N-methyl/N-ethyl adjacent to an activating group) is 1. The first-order chi connectivity index (χ1) is 17.5. The average Bonchev–Trinajstić information content (AvgIpc) is 3.47. The van der Waals surface area contributed by atoms with Crippen molar-refractivity contribution in [1.82, 2.24) is 24.6 Å². The summed E-state index contributed by atoms with van der Waals surface area (Å²) in [5, 5.41) is 5.89. The molecule has 3 aromatic heterocycles. The predicted octanol–water partition coefficient (Wildman–Crippen LogP) is 4.76. The van der Waals surface area contributed by atoms with Crippen molar-refractivity contribution in [3.8, 4) is 0 Å². The van der Waals surface area contributed by atoms with Gasteiger partial charge in [0.1, 0.15) is 5.69 Å². The summed E-state index contributed by atoms with van der Waals surface area (Å²) in [6.45, 7) is 2.28. The van der Waals surface area contributed by atoms with Crippen molar-refractivity contribution >= 4 is 39.0 Å². The van der Waals surface area contributed by atoms with Gasteiger partial charge in [-0.3, -0.25) is 19.0 Å². The van der Waals surface area contributed by atoms with E-state index in [1.165, 1.54) is 11.3 Å². The van der Waals surface area contributed by atoms with Crippen LogP contribution in [0.4, 0.5) is 0 Å². The van der Waals surface area contributed by atoms with E-state index >= 15 is 0 Å². The van der Waals surface area contributed by atoms with Crippen molar-refractivity contribution in [1.29, 1.82) is 0 Å². The SMILES string of the molecule is Cc1nc2sccn2c1C(=O)NCCC(Cc1ccccc1)N(C)C(=O)c1ccc2ncccc2c1. The van der Waals surface area contributed by atoms with Gasteiger partial charge in [-0.25, -0.2) is 4.98 Å². The molecule has 7 nitrogen and oxygen atoms in total. The highest BCUT2D eigenvalue weighted by Gasteiger charge is 2.23. The van der Waals surface area contributed by atoms with Gasteiger partial charge in [0.15, 0.2) is 4.96 Å². The van der Waals surface area contributed by atoms with Crippen molar-refractivity contribution in [2.45, 2.75) is 25.8 Å². The van der Waals surface area contributed by atoms with Crippen LogP contribution in [-0.4, -0.2) is 50.7 Å². The summed E-state index contributed by atoms with van der Waals surface area (Å²) < 4.78 is 1.82. The fraction of sp³-hybridized carbons (Fsp3) is 0.214. The Morgan fingerprint density at radius 3 is 2.78 bits per heavy atom. The first-order valence-electron chi connectivity index (χ1n) is 11.9. The number of benzene rings is 2. The molecule has 0 aliphatic heterocycles. The Bertz CT molecular complexity index is 1530. The van der Waals surface area contributed by atoms with E-state index in [2.05, 4.69) is 27.4 Å². The molecule has 1 atom stereocenters. The van der Waals surface area contributed by atoms with Gasteiger partial charge in [0.25, 0.3) is 11.8 Å². The number of rotatable bonds is 8. The Morgan fingerprint density at radius 2 is 1.94 bits per heavy atom. The number of hydrogen-bond donors (Lipinski definition) is 1. The van der Waals surface area contributed by atoms with Crippen molar-refractivity contribution < 1.29 is 9.59 Å². The average molecular weight is 498 g/mol. The van der Waals surface area contributed by atoms with Crippen LogP contribution < -0.4 is 5.32 Å². The lowest BCUT2D eigenvalue weighted by Crippen LogP contribution is -2.41. The molecule has 5 rings (SSSR count). The number of aryl methyl sites for hydroxylation is 1. The Morgan fingerprint density at radius 1 is 1.11 bits per heavy atom. The van der Waals surface area contributed by atoms with Crippen molar-refractivity contribution in [3.63, 3.8) is 0 Å². The zero-order valence-corrected chi connectivity index (χ0v) is 21.0. The first-order valence-corrected chi connectivity index (χ1v) is 12.8. The number of carbonyl (C=O) groups is 2. The van der Waals surface area contributed by atoms with Crippen molar-refractivity contribution in [2.75, 3.05) is 13.6 Å². The minimum atomic E-state index is -0.159. The normalized spacial score (nSPS) is 12.1. The molecule has 8 heteroatoms. The van der Waals surface area contributed by atoms with Gasteiger partial charge in [-0.15, -0.1) is 11.3 Å². The van der Waals surface area contributed by atoms with E-state index in [1.807, 2.05) is 78.5 Å². The zero-order chi connectivity index (χ0) is 25.1. The third kappa shape index (κ3) is 4.85. The maximum absolute atomic E-state index is 13.5. The Balaban J connectivity index is 1.32. The molecular formula is C28H27N5O2S. The van der Waals surface area contributed by atoms with Crippen LogP contribution in [0.2, 0.25) is 0 Å². The molecule has 36 heavy (non-hydrogen) atoms. The summed E-state index contributed by atoms with van der Waals surface area (Å²) in [4.78, 5) is 37.8. The number of fused-ring (bicyclic) bond motifs is 2. The Hall–Kier alpha value is -4.04. The highest BCUT2D eigenvalue weighted by atomic mass is 32.1. The molecule has 0 aliphatic rings. The van der Waals surface area contributed by atoms with Gasteiger partial charge in [-0.2, -0.15) is 0 Å². The summed E-state index contributed by atoms with van der Waals surface area (Å²) in [5.74, 6) is -0.215. The second kappa shape index (κ2) is 10.3. The molecular weight excluding hydrogens is 470 g/mol. The number of nitrogens with zero attached hydrogens (tertiary/aromatic N) is 4. The maximum Gasteiger partial charge on any atom is 0.270 e. The topological polar surface area (TPSA) is 79.6 Å². The van der Waals surface area contributed by atoms with Crippen LogP contribution >= 0.6 is 11.3 Å². The van der Waals surface area contributed by atoms with Gasteiger partial charge in [0, 0.05) is 48.4 Å². The van der Waals surface area contributed by atoms with E-state index in [9.17, 15) is 9.59 Å². The van der Waals surface area contributed by atoms with Crippen LogP contribution in [0, 0.1) is 6.92 Å². The lowest BCUT2D eigenvalue weighted by atomic mass is 10.0. The minimum Gasteiger partial charge on any atom is -0.351 e. The van der Waals surface area contributed by atoms with Crippen LogP contribution in [0.1, 0.15) is 38.5 Å². The van der Waals surface area contributed by atoms with Crippen molar-refractivity contribution in [3.05, 3.63) is 101 Å². The van der Waals surface area contributed by atoms with Crippen LogP contribution in [0.3, 0.4) is 0 Å². The predicted molar refractivity (Wildman–Crippen MR) is 143 cm³/mol. The standard InChI is InChI=1S/C28H27N5O2S/c1-19-25(33-15-16-36-28(33)31-19)26(34)30-14-12-23(17-20-7-4-3-5-8-20)32(2)27(35)22-10-11-24-21(18-22)9-6-13-29-24/h3-11,13,15-16,18,23H,12,14,17H2,1-2H3,(H,30,34). The molecule has 3 heterocycles. The Kier molecular flexibility index (Phi) is 6.77. The lowest BCUT2D eigenvalue weighted by molar-refractivity contribution is 0.0723. The molecule has 0 bridgehead atoms. The second-order valence-corrected chi connectivity index (χ2v) is 9.69. The van der Waals surface area contributed by atoms with Gasteiger partial charge in [-0.05, 0) is 49.6 Å². The van der Waals surface area contributed by atoms with E-state index < -0.39 is 0 Å². The lowest BCUT2D eigenvalue weighted by Gasteiger charge is -2.29. The number of pyridine rings is 1. The number of thiazole rings is 1. The third-order valence-electron chi connectivity index (χ3n) is 6.45. The van der Waals surface area contributed by atoms with Crippen LogP contribution in [0.5, 0.6) is 0 Å². The number of nitrogens with one attached hydrogen (secondary N) is 1. The summed E-state index contributed by atoms with van der Waals surface area (Å²) >= 11 is 1.50. The third-order valence-corrected chi connectivity index (χ3v) is 7.20. The van der Waals surface area contributed by atoms with E-state index in [-0.39, 0.29) is 17.9 Å². The van der Waals surface area contributed by atoms with Gasteiger partial charge in [0.05, 0.1) is 11.2 Å². The molecule has 0 spiro atoms. The quantitative estimate of drug-likeness (QED) is 0.335. The summed E-state index contributed by atoms with van der Waals surface area (Å²) in [5.41, 5.74) is 3.88. The van der Waals surface area contributed by atoms with E-state index in [0.29, 0.717) is 36.3 Å². The smallest absolute Gasteiger partial charge is 0.270 e. The van der Waals surface area contributed by atoms with Gasteiger partial charge >= 0.3 is 0 Å². The number of amides is 2. The second-order valence-electron chi connectivity index (χ2n) is 8.82. The number of imidazole rings is 1. The fourth-order valence-corrected chi connectivity index (χ4v) is 5.26. The van der Waals surface area contributed by atoms with Crippen LogP contribution in [0.25, 0.3) is 15.9 Å². The highest BCUT2D eigenvalue weighted by Crippen LogP contribution is 2.19. The highest BCUT2D eigenvalue weighted by molar-refractivity contribution is 7.15. The molecule has 0 radical (unpaired) electrons. The number of hydrogen-bond acceptors (Lipinski definition) is 5. The molecule has 0 saturated carbocycles. The number of carbonyl (C=O) groups excluding carboxylic acids is 2. The van der Waals surface area contributed by atoms with Gasteiger partial charge in [-0.1, -0.05) is 36.4 Å². The summed E-state index contributed by atoms with van der Waals surface area (Å²) in [6, 6.07) is 19.4. The minimum absolute atomic E-state index is 0.0559. The molecule has 0 aliphatic carbocycles. The first kappa shape index (κ1) is 23.7.